The van der Waals surface area contributed by atoms with E-state index in [9.17, 15) is 4.79 Å². The monoisotopic (exact) mass is 324 g/mol. The van der Waals surface area contributed by atoms with E-state index in [1.54, 1.807) is 6.07 Å². The first-order valence-corrected chi connectivity index (χ1v) is 9.10. The highest BCUT2D eigenvalue weighted by Crippen LogP contribution is 2.49. The van der Waals surface area contributed by atoms with Crippen molar-refractivity contribution in [1.82, 2.24) is 5.32 Å². The molecule has 0 radical (unpaired) electrons. The maximum Gasteiger partial charge on any atom is 0.220 e. The molecule has 126 valence electrons. The van der Waals surface area contributed by atoms with Gasteiger partial charge in [-0.05, 0) is 54.7 Å². The van der Waals surface area contributed by atoms with Gasteiger partial charge in [-0.25, -0.2) is 0 Å². The van der Waals surface area contributed by atoms with Crippen LogP contribution >= 0.6 is 0 Å². The number of carbonyl (C=O) groups is 1. The Morgan fingerprint density at radius 3 is 2.88 bits per heavy atom. The van der Waals surface area contributed by atoms with Gasteiger partial charge >= 0.3 is 0 Å². The molecule has 2 aliphatic carbocycles. The topological polar surface area (TPSA) is 62.1 Å². The van der Waals surface area contributed by atoms with Gasteiger partial charge in [-0.15, -0.1) is 0 Å². The van der Waals surface area contributed by atoms with Gasteiger partial charge in [-0.3, -0.25) is 4.79 Å². The van der Waals surface area contributed by atoms with Crippen LogP contribution in [-0.4, -0.2) is 19.1 Å². The lowest BCUT2D eigenvalue weighted by Crippen LogP contribution is -2.50. The molecular weight excluding hydrogens is 300 g/mol. The molecule has 4 nitrogen and oxygen atoms in total. The molecule has 2 saturated carbocycles. The summed E-state index contributed by atoms with van der Waals surface area (Å²) in [5.41, 5.74) is 1.18. The summed E-state index contributed by atoms with van der Waals surface area (Å²) in [4.78, 5) is 12.4. The van der Waals surface area contributed by atoms with Crippen LogP contribution in [0.5, 0.6) is 0 Å². The summed E-state index contributed by atoms with van der Waals surface area (Å²) in [7, 11) is 0. The standard InChI is InChI=1S/C20H24N2O2/c21-12-15-2-1-3-18(10-15)20(6-7-24-20)13-22-19(23)11-17-9-14-4-5-16(17)8-14/h1-3,10,14,16-17H,4-9,11,13H2,(H,22,23)/t14?,16?,17?,20-/m1/s1. The van der Waals surface area contributed by atoms with E-state index in [2.05, 4.69) is 11.4 Å². The minimum atomic E-state index is -0.447. The number of ether oxygens (including phenoxy) is 1. The number of rotatable bonds is 5. The summed E-state index contributed by atoms with van der Waals surface area (Å²) in [6.45, 7) is 1.21. The first-order valence-electron chi connectivity index (χ1n) is 9.10. The van der Waals surface area contributed by atoms with Gasteiger partial charge in [0.25, 0.3) is 0 Å². The average molecular weight is 324 g/mol. The highest BCUT2D eigenvalue weighted by atomic mass is 16.5. The Labute approximate surface area is 143 Å². The lowest BCUT2D eigenvalue weighted by molar-refractivity contribution is -0.155. The lowest BCUT2D eigenvalue weighted by atomic mass is 9.84. The van der Waals surface area contributed by atoms with E-state index in [0.29, 0.717) is 31.1 Å². The van der Waals surface area contributed by atoms with Crippen molar-refractivity contribution in [3.63, 3.8) is 0 Å². The maximum atomic E-state index is 12.4. The Morgan fingerprint density at radius 2 is 2.25 bits per heavy atom. The molecule has 2 bridgehead atoms. The van der Waals surface area contributed by atoms with Crippen molar-refractivity contribution in [1.29, 1.82) is 5.26 Å². The smallest absolute Gasteiger partial charge is 0.220 e. The van der Waals surface area contributed by atoms with E-state index in [-0.39, 0.29) is 5.91 Å². The van der Waals surface area contributed by atoms with E-state index in [1.165, 1.54) is 25.7 Å². The van der Waals surface area contributed by atoms with E-state index in [4.69, 9.17) is 10.00 Å². The minimum absolute atomic E-state index is 0.152. The summed E-state index contributed by atoms with van der Waals surface area (Å²) in [6.07, 6.45) is 6.81. The van der Waals surface area contributed by atoms with Crippen LogP contribution in [0.15, 0.2) is 24.3 Å². The van der Waals surface area contributed by atoms with Gasteiger partial charge in [0.2, 0.25) is 5.91 Å². The normalized spacial score (nSPS) is 33.7. The highest BCUT2D eigenvalue weighted by molar-refractivity contribution is 5.76. The molecule has 0 aromatic heterocycles. The van der Waals surface area contributed by atoms with Crippen molar-refractivity contribution in [2.45, 2.75) is 44.1 Å². The number of nitriles is 1. The molecule has 1 heterocycles. The number of nitrogens with one attached hydrogen (secondary N) is 1. The largest absolute Gasteiger partial charge is 0.368 e. The third kappa shape index (κ3) is 2.82. The van der Waals surface area contributed by atoms with E-state index >= 15 is 0 Å². The molecule has 3 fully saturated rings. The molecular formula is C20H24N2O2. The summed E-state index contributed by atoms with van der Waals surface area (Å²) in [5, 5.41) is 12.2. The fraction of sp³-hybridized carbons (Fsp3) is 0.600. The van der Waals surface area contributed by atoms with Crippen molar-refractivity contribution in [3.05, 3.63) is 35.4 Å². The summed E-state index contributed by atoms with van der Waals surface area (Å²) in [5.74, 6) is 2.40. The number of carbonyl (C=O) groups excluding carboxylic acids is 1. The van der Waals surface area contributed by atoms with E-state index < -0.39 is 5.60 Å². The van der Waals surface area contributed by atoms with Crippen LogP contribution in [0.4, 0.5) is 0 Å². The van der Waals surface area contributed by atoms with Crippen LogP contribution in [0, 0.1) is 29.1 Å². The Hall–Kier alpha value is -1.86. The average Bonchev–Trinajstić information content (AvgIpc) is 3.17. The first kappa shape index (κ1) is 15.7. The van der Waals surface area contributed by atoms with Gasteiger partial charge < -0.3 is 10.1 Å². The van der Waals surface area contributed by atoms with Crippen molar-refractivity contribution >= 4 is 5.91 Å². The molecule has 1 aromatic rings. The maximum absolute atomic E-state index is 12.4. The Morgan fingerprint density at radius 1 is 1.38 bits per heavy atom. The zero-order chi connectivity index (χ0) is 16.6. The van der Waals surface area contributed by atoms with E-state index in [1.807, 2.05) is 18.2 Å². The van der Waals surface area contributed by atoms with Crippen LogP contribution < -0.4 is 5.32 Å². The van der Waals surface area contributed by atoms with Gasteiger partial charge in [0, 0.05) is 12.8 Å². The van der Waals surface area contributed by atoms with Crippen LogP contribution in [0.1, 0.15) is 49.7 Å². The SMILES string of the molecule is N#Cc1cccc([C@]2(CNC(=O)CC3CC4CCC3C4)CCO2)c1. The van der Waals surface area contributed by atoms with Gasteiger partial charge in [0.1, 0.15) is 5.60 Å². The second-order valence-electron chi connectivity index (χ2n) is 7.70. The van der Waals surface area contributed by atoms with Gasteiger partial charge in [-0.1, -0.05) is 18.6 Å². The fourth-order valence-corrected chi connectivity index (χ4v) is 4.87. The predicted octanol–water partition coefficient (Wildman–Crippen LogP) is 3.12. The summed E-state index contributed by atoms with van der Waals surface area (Å²) >= 11 is 0. The second kappa shape index (κ2) is 6.22. The van der Waals surface area contributed by atoms with Crippen molar-refractivity contribution in [2.24, 2.45) is 17.8 Å². The minimum Gasteiger partial charge on any atom is -0.368 e. The number of hydrogen-bond donors (Lipinski definition) is 1. The van der Waals surface area contributed by atoms with Crippen molar-refractivity contribution in [3.8, 4) is 6.07 Å². The van der Waals surface area contributed by atoms with Gasteiger partial charge in [-0.2, -0.15) is 5.26 Å². The second-order valence-corrected chi connectivity index (χ2v) is 7.70. The zero-order valence-corrected chi connectivity index (χ0v) is 14.0. The van der Waals surface area contributed by atoms with Gasteiger partial charge in [0.15, 0.2) is 0 Å². The van der Waals surface area contributed by atoms with Crippen molar-refractivity contribution in [2.75, 3.05) is 13.2 Å². The molecule has 1 aromatic carbocycles. The van der Waals surface area contributed by atoms with Gasteiger partial charge in [0.05, 0.1) is 24.8 Å². The molecule has 1 amide bonds. The van der Waals surface area contributed by atoms with Crippen LogP contribution in [0.25, 0.3) is 0 Å². The summed E-state index contributed by atoms with van der Waals surface area (Å²) in [6, 6.07) is 9.72. The lowest BCUT2D eigenvalue weighted by Gasteiger charge is -2.42. The quantitative estimate of drug-likeness (QED) is 0.905. The van der Waals surface area contributed by atoms with Crippen LogP contribution in [-0.2, 0) is 15.1 Å². The zero-order valence-electron chi connectivity index (χ0n) is 14.0. The molecule has 3 aliphatic rings. The molecule has 24 heavy (non-hydrogen) atoms. The molecule has 4 rings (SSSR count). The molecule has 1 aliphatic heterocycles. The third-order valence-corrected chi connectivity index (χ3v) is 6.31. The number of nitrogens with zero attached hydrogens (tertiary/aromatic N) is 1. The molecule has 1 saturated heterocycles. The molecule has 3 unspecified atom stereocenters. The number of fused-ring (bicyclic) bond motifs is 2. The third-order valence-electron chi connectivity index (χ3n) is 6.31. The van der Waals surface area contributed by atoms with Crippen LogP contribution in [0.2, 0.25) is 0 Å². The highest BCUT2D eigenvalue weighted by Gasteiger charge is 2.42. The number of amides is 1. The summed E-state index contributed by atoms with van der Waals surface area (Å²) < 4.78 is 5.85. The molecule has 4 atom stereocenters. The Bertz CT molecular complexity index is 674. The molecule has 4 heteroatoms. The Kier molecular flexibility index (Phi) is 4.05. The first-order chi connectivity index (χ1) is 11.7. The fourth-order valence-electron chi connectivity index (χ4n) is 4.87. The number of hydrogen-bond acceptors (Lipinski definition) is 3. The van der Waals surface area contributed by atoms with E-state index in [0.717, 1.165) is 23.8 Å². The predicted molar refractivity (Wildman–Crippen MR) is 90.0 cm³/mol. The Balaban J connectivity index is 1.36. The van der Waals surface area contributed by atoms with Crippen molar-refractivity contribution < 1.29 is 9.53 Å². The van der Waals surface area contributed by atoms with Crippen LogP contribution in [0.3, 0.4) is 0 Å². The number of benzene rings is 1. The molecule has 0 spiro atoms. The molecule has 1 N–H and O–H groups in total.